The highest BCUT2D eigenvalue weighted by Crippen LogP contribution is 2.32. The summed E-state index contributed by atoms with van der Waals surface area (Å²) in [6.07, 6.45) is 5.80. The highest BCUT2D eigenvalue weighted by atomic mass is 35.5. The number of nitrogens with zero attached hydrogens (tertiary/aromatic N) is 4. The number of likely N-dealkylation sites (N-methyl/N-ethyl adjacent to an activating group) is 1. The fourth-order valence-corrected chi connectivity index (χ4v) is 5.48. The van der Waals surface area contributed by atoms with Crippen LogP contribution in [0.5, 0.6) is 5.88 Å². The summed E-state index contributed by atoms with van der Waals surface area (Å²) in [6.45, 7) is 6.45. The van der Waals surface area contributed by atoms with Crippen molar-refractivity contribution < 1.29 is 14.7 Å². The largest absolute Gasteiger partial charge is 0.492 e. The zero-order valence-corrected chi connectivity index (χ0v) is 25.3. The number of halogens is 1. The van der Waals surface area contributed by atoms with E-state index in [9.17, 15) is 14.7 Å². The molecule has 2 unspecified atom stereocenters. The van der Waals surface area contributed by atoms with Crippen LogP contribution >= 0.6 is 23.1 Å². The van der Waals surface area contributed by atoms with Crippen LogP contribution in [0.3, 0.4) is 0 Å². The number of rotatable bonds is 10. The molecule has 3 aromatic heterocycles. The summed E-state index contributed by atoms with van der Waals surface area (Å²) in [4.78, 5) is 31.5. The smallest absolute Gasteiger partial charge is 0.282 e. The highest BCUT2D eigenvalue weighted by Gasteiger charge is 2.23. The summed E-state index contributed by atoms with van der Waals surface area (Å²) < 4.78 is 5.51. The number of carbonyl (C=O) groups is 2. The first-order chi connectivity index (χ1) is 19.5. The number of pyridine rings is 1. The van der Waals surface area contributed by atoms with Crippen LogP contribution in [0.25, 0.3) is 5.57 Å². The number of allylic oxidation sites excluding steroid dienone is 1. The van der Waals surface area contributed by atoms with Gasteiger partial charge >= 0.3 is 0 Å². The summed E-state index contributed by atoms with van der Waals surface area (Å²) >= 11 is 7.38. The first kappa shape index (κ1) is 30.2. The Morgan fingerprint density at radius 1 is 1.39 bits per heavy atom. The van der Waals surface area contributed by atoms with E-state index in [1.54, 1.807) is 18.3 Å². The van der Waals surface area contributed by atoms with Gasteiger partial charge in [0.05, 0.1) is 5.02 Å². The quantitative estimate of drug-likeness (QED) is 0.171. The lowest BCUT2D eigenvalue weighted by Gasteiger charge is -2.17. The Balaban J connectivity index is 1.50. The van der Waals surface area contributed by atoms with Crippen LogP contribution in [0, 0.1) is 12.3 Å². The van der Waals surface area contributed by atoms with Crippen molar-refractivity contribution >= 4 is 57.2 Å². The van der Waals surface area contributed by atoms with E-state index >= 15 is 0 Å². The minimum Gasteiger partial charge on any atom is -0.492 e. The number of aromatic hydroxyl groups is 1. The van der Waals surface area contributed by atoms with Crippen molar-refractivity contribution in [2.75, 3.05) is 26.0 Å². The second-order valence-corrected chi connectivity index (χ2v) is 11.5. The lowest BCUT2D eigenvalue weighted by Crippen LogP contribution is -2.32. The second-order valence-electron chi connectivity index (χ2n) is 10.3. The molecule has 0 radical (unpaired) electrons. The van der Waals surface area contributed by atoms with Crippen LogP contribution < -0.4 is 16.0 Å². The van der Waals surface area contributed by atoms with Crippen molar-refractivity contribution in [1.29, 1.82) is 5.41 Å². The maximum atomic E-state index is 13.5. The predicted octanol–water partition coefficient (Wildman–Crippen LogP) is 4.38. The molecule has 3 aromatic rings. The molecular weight excluding hydrogens is 564 g/mol. The topological polar surface area (TPSA) is 148 Å². The molecule has 1 aliphatic heterocycles. The summed E-state index contributed by atoms with van der Waals surface area (Å²) in [5.41, 5.74) is 3.05. The van der Waals surface area contributed by atoms with Gasteiger partial charge in [-0.15, -0.1) is 0 Å². The van der Waals surface area contributed by atoms with Gasteiger partial charge in [0, 0.05) is 36.9 Å². The van der Waals surface area contributed by atoms with Crippen molar-refractivity contribution in [3.63, 3.8) is 0 Å². The van der Waals surface area contributed by atoms with E-state index in [1.807, 2.05) is 34.0 Å². The van der Waals surface area contributed by atoms with Crippen molar-refractivity contribution in [2.45, 2.75) is 52.1 Å². The third-order valence-corrected chi connectivity index (χ3v) is 8.24. The van der Waals surface area contributed by atoms with Crippen molar-refractivity contribution in [3.05, 3.63) is 58.0 Å². The molecule has 5 N–H and O–H groups in total. The molecule has 0 spiro atoms. The number of hydrogen-bond donors (Lipinski definition) is 5. The average Bonchev–Trinajstić information content (AvgIpc) is 3.62. The number of amides is 1. The molecule has 0 bridgehead atoms. The molecule has 0 saturated carbocycles. The van der Waals surface area contributed by atoms with Gasteiger partial charge in [-0.05, 0) is 88.6 Å². The predicted molar refractivity (Wildman–Crippen MR) is 163 cm³/mol. The Bertz CT molecular complexity index is 1500. The van der Waals surface area contributed by atoms with Crippen LogP contribution in [0.15, 0.2) is 30.5 Å². The molecule has 1 saturated heterocycles. The third-order valence-electron chi connectivity index (χ3n) is 7.18. The maximum Gasteiger partial charge on any atom is 0.282 e. The number of nitrogens with one attached hydrogen (secondary N) is 4. The van der Waals surface area contributed by atoms with E-state index in [0.29, 0.717) is 30.2 Å². The first-order valence-electron chi connectivity index (χ1n) is 13.3. The Hall–Kier alpha value is -3.74. The Morgan fingerprint density at radius 3 is 2.83 bits per heavy atom. The molecule has 0 aromatic carbocycles. The fraction of sp³-hybridized carbons (Fsp3) is 0.393. The lowest BCUT2D eigenvalue weighted by atomic mass is 10.1. The van der Waals surface area contributed by atoms with Crippen LogP contribution in [0.2, 0.25) is 5.02 Å². The molecular formula is C28H35ClN8O3S. The van der Waals surface area contributed by atoms with Crippen LogP contribution in [-0.4, -0.2) is 74.3 Å². The molecule has 1 amide bonds. The summed E-state index contributed by atoms with van der Waals surface area (Å²) in [6, 6.07) is 5.40. The Morgan fingerprint density at radius 2 is 2.15 bits per heavy atom. The maximum absolute atomic E-state index is 13.5. The van der Waals surface area contributed by atoms with Crippen LogP contribution in [0.4, 0.5) is 10.8 Å². The van der Waals surface area contributed by atoms with Crippen molar-refractivity contribution in [3.8, 4) is 5.88 Å². The van der Waals surface area contributed by atoms with Crippen molar-refractivity contribution in [1.82, 2.24) is 29.5 Å². The van der Waals surface area contributed by atoms with Gasteiger partial charge in [-0.1, -0.05) is 17.7 Å². The minimum absolute atomic E-state index is 0.0177. The zero-order valence-electron chi connectivity index (χ0n) is 23.7. The number of aromatic nitrogens is 3. The molecule has 2 atom stereocenters. The van der Waals surface area contributed by atoms with Gasteiger partial charge in [0.1, 0.15) is 27.9 Å². The normalized spacial score (nSPS) is 16.1. The minimum atomic E-state index is -0.378. The molecule has 0 aliphatic carbocycles. The van der Waals surface area contributed by atoms with E-state index in [0.717, 1.165) is 34.8 Å². The molecule has 4 rings (SSSR count). The zero-order chi connectivity index (χ0) is 29.8. The number of carbonyl (C=O) groups excluding carboxylic acids is 2. The third kappa shape index (κ3) is 6.95. The van der Waals surface area contributed by atoms with Gasteiger partial charge < -0.3 is 26.0 Å². The van der Waals surface area contributed by atoms with E-state index in [-0.39, 0.29) is 51.9 Å². The molecule has 13 heteroatoms. The molecule has 41 heavy (non-hydrogen) atoms. The molecule has 4 heterocycles. The molecule has 218 valence electrons. The van der Waals surface area contributed by atoms with Gasteiger partial charge in [0.25, 0.3) is 5.91 Å². The SMILES string of the molecule is C/C(=C/C(C)N(C)C)c1ccn(C(=O)c2nc(Nc3snc(O)c3C(=N)NCCC3CCC(=O)N3)ccc2Cl)c1C. The Kier molecular flexibility index (Phi) is 9.46. The van der Waals surface area contributed by atoms with Gasteiger partial charge in [-0.3, -0.25) is 19.6 Å². The van der Waals surface area contributed by atoms with Gasteiger partial charge in [0.2, 0.25) is 11.8 Å². The van der Waals surface area contributed by atoms with Gasteiger partial charge in [-0.25, -0.2) is 4.98 Å². The number of amidine groups is 1. The van der Waals surface area contributed by atoms with Crippen LogP contribution in [0.1, 0.15) is 60.4 Å². The molecule has 11 nitrogen and oxygen atoms in total. The van der Waals surface area contributed by atoms with E-state index in [2.05, 4.69) is 43.2 Å². The van der Waals surface area contributed by atoms with E-state index in [4.69, 9.17) is 17.0 Å². The van der Waals surface area contributed by atoms with E-state index < -0.39 is 0 Å². The number of hydrogen-bond acceptors (Lipinski definition) is 9. The van der Waals surface area contributed by atoms with Gasteiger partial charge in [-0.2, -0.15) is 4.37 Å². The Labute approximate surface area is 248 Å². The van der Waals surface area contributed by atoms with Crippen molar-refractivity contribution in [2.24, 2.45) is 0 Å². The summed E-state index contributed by atoms with van der Waals surface area (Å²) in [5.74, 6) is -0.340. The lowest BCUT2D eigenvalue weighted by molar-refractivity contribution is -0.119. The second kappa shape index (κ2) is 12.8. The van der Waals surface area contributed by atoms with Crippen LogP contribution in [-0.2, 0) is 4.79 Å². The average molecular weight is 599 g/mol. The van der Waals surface area contributed by atoms with Gasteiger partial charge in [0.15, 0.2) is 0 Å². The summed E-state index contributed by atoms with van der Waals surface area (Å²) in [7, 11) is 4.03. The molecule has 1 fully saturated rings. The number of anilines is 2. The first-order valence-corrected chi connectivity index (χ1v) is 14.4. The highest BCUT2D eigenvalue weighted by molar-refractivity contribution is 7.11. The van der Waals surface area contributed by atoms with E-state index in [1.165, 1.54) is 4.57 Å². The standard InChI is InChI=1S/C28H35ClN8O3S/c1-15(14-16(2)36(4)5)19-11-13-37(17(19)3)28(40)24-20(29)7-8-21(33-24)34-27-23(26(39)35-41-27)25(30)31-12-10-18-6-9-22(38)32-18/h7-8,11,13-14,16,18H,6,9-10,12H2,1-5H3,(H2,30,31)(H,32,38)(H,33,34)(H,35,39)/b15-14-. The fourth-order valence-electron chi connectivity index (χ4n) is 4.59. The molecule has 1 aliphatic rings. The summed E-state index contributed by atoms with van der Waals surface area (Å²) in [5, 5.41) is 28.3. The monoisotopic (exact) mass is 598 g/mol.